The van der Waals surface area contributed by atoms with E-state index >= 15 is 0 Å². The van der Waals surface area contributed by atoms with Crippen molar-refractivity contribution in [3.63, 3.8) is 0 Å². The Balaban J connectivity index is 2.12. The number of rotatable bonds is 4. The van der Waals surface area contributed by atoms with Crippen molar-refractivity contribution in [2.24, 2.45) is 0 Å². The molecule has 0 spiro atoms. The number of thioether (sulfide) groups is 2. The Labute approximate surface area is 152 Å². The lowest BCUT2D eigenvalue weighted by Gasteiger charge is -2.05. The SMILES string of the molecule is CSc1ccc(-c2nc(C(F)(F)F)[nH]c2-c2ccc(SC)cc2)cc1. The van der Waals surface area contributed by atoms with E-state index in [1.807, 2.05) is 36.8 Å². The van der Waals surface area contributed by atoms with E-state index in [1.165, 1.54) is 0 Å². The fraction of sp³-hybridized carbons (Fsp3) is 0.167. The number of nitrogens with one attached hydrogen (secondary N) is 1. The van der Waals surface area contributed by atoms with E-state index in [9.17, 15) is 13.2 Å². The molecule has 7 heteroatoms. The molecule has 2 aromatic carbocycles. The lowest BCUT2D eigenvalue weighted by atomic mass is 10.1. The smallest absolute Gasteiger partial charge is 0.334 e. The van der Waals surface area contributed by atoms with E-state index in [0.29, 0.717) is 22.5 Å². The molecule has 1 aromatic heterocycles. The van der Waals surface area contributed by atoms with Gasteiger partial charge in [-0.1, -0.05) is 24.3 Å². The highest BCUT2D eigenvalue weighted by atomic mass is 32.2. The third kappa shape index (κ3) is 3.88. The summed E-state index contributed by atoms with van der Waals surface area (Å²) < 4.78 is 39.4. The van der Waals surface area contributed by atoms with Crippen LogP contribution in [0.4, 0.5) is 13.2 Å². The summed E-state index contributed by atoms with van der Waals surface area (Å²) in [7, 11) is 0. The molecule has 2 nitrogen and oxygen atoms in total. The van der Waals surface area contributed by atoms with Crippen molar-refractivity contribution in [1.29, 1.82) is 0 Å². The van der Waals surface area contributed by atoms with Crippen LogP contribution in [-0.4, -0.2) is 22.5 Å². The number of hydrogen-bond donors (Lipinski definition) is 1. The number of aromatic nitrogens is 2. The van der Waals surface area contributed by atoms with Gasteiger partial charge in [-0.25, -0.2) is 4.98 Å². The zero-order valence-corrected chi connectivity index (χ0v) is 15.1. The predicted molar refractivity (Wildman–Crippen MR) is 98.0 cm³/mol. The summed E-state index contributed by atoms with van der Waals surface area (Å²) >= 11 is 3.15. The van der Waals surface area contributed by atoms with E-state index in [4.69, 9.17) is 0 Å². The van der Waals surface area contributed by atoms with Crippen molar-refractivity contribution < 1.29 is 13.2 Å². The Bertz CT molecular complexity index is 789. The minimum absolute atomic E-state index is 0.303. The van der Waals surface area contributed by atoms with Crippen molar-refractivity contribution in [3.05, 3.63) is 54.4 Å². The molecule has 0 saturated carbocycles. The molecular weight excluding hydrogens is 365 g/mol. The molecule has 0 bridgehead atoms. The van der Waals surface area contributed by atoms with E-state index in [0.717, 1.165) is 9.79 Å². The van der Waals surface area contributed by atoms with E-state index in [2.05, 4.69) is 9.97 Å². The van der Waals surface area contributed by atoms with Gasteiger partial charge in [0.25, 0.3) is 0 Å². The number of imidazole rings is 1. The molecule has 3 aromatic rings. The molecule has 0 aliphatic heterocycles. The van der Waals surface area contributed by atoms with Gasteiger partial charge in [0.05, 0.1) is 11.4 Å². The molecule has 0 radical (unpaired) electrons. The van der Waals surface area contributed by atoms with Gasteiger partial charge in [0, 0.05) is 20.9 Å². The van der Waals surface area contributed by atoms with Gasteiger partial charge in [-0.3, -0.25) is 0 Å². The third-order valence-electron chi connectivity index (χ3n) is 3.71. The number of benzene rings is 2. The van der Waals surface area contributed by atoms with Crippen molar-refractivity contribution in [2.75, 3.05) is 12.5 Å². The van der Waals surface area contributed by atoms with Crippen molar-refractivity contribution in [3.8, 4) is 22.5 Å². The van der Waals surface area contributed by atoms with Crippen LogP contribution in [0.15, 0.2) is 58.3 Å². The Hall–Kier alpha value is -1.86. The summed E-state index contributed by atoms with van der Waals surface area (Å²) in [4.78, 5) is 8.38. The van der Waals surface area contributed by atoms with Gasteiger partial charge in [-0.2, -0.15) is 13.2 Å². The number of aromatic amines is 1. The van der Waals surface area contributed by atoms with Crippen LogP contribution in [0.1, 0.15) is 5.82 Å². The summed E-state index contributed by atoms with van der Waals surface area (Å²) in [6.45, 7) is 0. The molecular formula is C18H15F3N2S2. The fourth-order valence-electron chi connectivity index (χ4n) is 2.43. The van der Waals surface area contributed by atoms with Crippen molar-refractivity contribution >= 4 is 23.5 Å². The predicted octanol–water partition coefficient (Wildman–Crippen LogP) is 6.21. The largest absolute Gasteiger partial charge is 0.449 e. The Morgan fingerprint density at radius 1 is 0.800 bits per heavy atom. The first-order chi connectivity index (χ1) is 11.9. The molecule has 1 heterocycles. The Morgan fingerprint density at radius 3 is 1.72 bits per heavy atom. The fourth-order valence-corrected chi connectivity index (χ4v) is 3.25. The number of nitrogens with zero attached hydrogens (tertiary/aromatic N) is 1. The normalized spacial score (nSPS) is 11.7. The quantitative estimate of drug-likeness (QED) is 0.546. The van der Waals surface area contributed by atoms with Crippen LogP contribution in [0, 0.1) is 0 Å². The molecule has 0 atom stereocenters. The van der Waals surface area contributed by atoms with Crippen LogP contribution in [0.25, 0.3) is 22.5 Å². The number of H-pyrrole nitrogens is 1. The number of alkyl halides is 3. The molecule has 25 heavy (non-hydrogen) atoms. The van der Waals surface area contributed by atoms with E-state index < -0.39 is 12.0 Å². The third-order valence-corrected chi connectivity index (χ3v) is 5.20. The Morgan fingerprint density at radius 2 is 1.28 bits per heavy atom. The summed E-state index contributed by atoms with van der Waals surface area (Å²) in [5.74, 6) is -0.986. The average Bonchev–Trinajstić information content (AvgIpc) is 3.07. The van der Waals surface area contributed by atoms with Gasteiger partial charge in [-0.05, 0) is 36.8 Å². The maximum Gasteiger partial charge on any atom is 0.449 e. The van der Waals surface area contributed by atoms with Gasteiger partial charge in [0.2, 0.25) is 5.82 Å². The summed E-state index contributed by atoms with van der Waals surface area (Å²) in [6, 6.07) is 14.7. The first-order valence-electron chi connectivity index (χ1n) is 7.38. The molecule has 0 unspecified atom stereocenters. The van der Waals surface area contributed by atoms with Gasteiger partial charge in [0.15, 0.2) is 0 Å². The zero-order valence-electron chi connectivity index (χ0n) is 13.5. The molecule has 0 aliphatic carbocycles. The second-order valence-corrected chi connectivity index (χ2v) is 7.02. The van der Waals surface area contributed by atoms with Crippen LogP contribution in [0.2, 0.25) is 0 Å². The number of hydrogen-bond acceptors (Lipinski definition) is 3. The zero-order chi connectivity index (χ0) is 18.0. The molecule has 1 N–H and O–H groups in total. The highest BCUT2D eigenvalue weighted by Gasteiger charge is 2.36. The second kappa shape index (κ2) is 7.17. The molecule has 130 valence electrons. The highest BCUT2D eigenvalue weighted by Crippen LogP contribution is 2.36. The van der Waals surface area contributed by atoms with Crippen LogP contribution in [0.3, 0.4) is 0 Å². The maximum atomic E-state index is 13.1. The maximum absolute atomic E-state index is 13.1. The van der Waals surface area contributed by atoms with Gasteiger partial charge in [0.1, 0.15) is 0 Å². The van der Waals surface area contributed by atoms with Crippen LogP contribution in [-0.2, 0) is 6.18 Å². The molecule has 3 rings (SSSR count). The lowest BCUT2D eigenvalue weighted by Crippen LogP contribution is -2.07. The van der Waals surface area contributed by atoms with E-state index in [-0.39, 0.29) is 0 Å². The lowest BCUT2D eigenvalue weighted by molar-refractivity contribution is -0.144. The monoisotopic (exact) mass is 380 g/mol. The van der Waals surface area contributed by atoms with Crippen molar-refractivity contribution in [1.82, 2.24) is 9.97 Å². The molecule has 0 saturated heterocycles. The topological polar surface area (TPSA) is 28.7 Å². The van der Waals surface area contributed by atoms with Crippen LogP contribution in [0.5, 0.6) is 0 Å². The summed E-state index contributed by atoms with van der Waals surface area (Å²) in [6.07, 6.45) is -0.624. The number of halogens is 3. The van der Waals surface area contributed by atoms with Gasteiger partial charge >= 0.3 is 6.18 Å². The van der Waals surface area contributed by atoms with E-state index in [1.54, 1.807) is 47.8 Å². The second-order valence-electron chi connectivity index (χ2n) is 5.26. The average molecular weight is 380 g/mol. The van der Waals surface area contributed by atoms with Gasteiger partial charge < -0.3 is 4.98 Å². The van der Waals surface area contributed by atoms with Crippen LogP contribution < -0.4 is 0 Å². The minimum Gasteiger partial charge on any atom is -0.334 e. The standard InChI is InChI=1S/C18H15F3N2S2/c1-24-13-7-3-11(4-8-13)15-16(23-17(22-15)18(19,20)21)12-5-9-14(25-2)10-6-12/h3-10H,1-2H3,(H,22,23). The summed E-state index contributed by atoms with van der Waals surface area (Å²) in [5.41, 5.74) is 1.99. The minimum atomic E-state index is -4.52. The molecule has 0 amide bonds. The first-order valence-corrected chi connectivity index (χ1v) is 9.83. The van der Waals surface area contributed by atoms with Crippen molar-refractivity contribution in [2.45, 2.75) is 16.0 Å². The molecule has 0 aliphatic rings. The van der Waals surface area contributed by atoms with Gasteiger partial charge in [-0.15, -0.1) is 23.5 Å². The molecule has 0 fully saturated rings. The first kappa shape index (κ1) is 17.9. The Kier molecular flexibility index (Phi) is 5.15. The summed E-state index contributed by atoms with van der Waals surface area (Å²) in [5, 5.41) is 0. The highest BCUT2D eigenvalue weighted by molar-refractivity contribution is 7.98. The van der Waals surface area contributed by atoms with Crippen LogP contribution >= 0.6 is 23.5 Å².